The third kappa shape index (κ3) is 3.68. The molecule has 0 saturated heterocycles. The highest BCUT2D eigenvalue weighted by atomic mass is 79.9. The second kappa shape index (κ2) is 7.33. The number of benzene rings is 1. The number of alkyl halides is 1. The molecule has 1 aromatic rings. The highest BCUT2D eigenvalue weighted by molar-refractivity contribution is 9.09. The van der Waals surface area contributed by atoms with E-state index in [4.69, 9.17) is 9.47 Å². The van der Waals surface area contributed by atoms with Crippen molar-refractivity contribution in [1.29, 1.82) is 0 Å². The number of halogens is 2. The second-order valence-corrected chi connectivity index (χ2v) is 4.24. The van der Waals surface area contributed by atoms with E-state index in [1.54, 1.807) is 0 Å². The van der Waals surface area contributed by atoms with E-state index >= 15 is 0 Å². The topological polar surface area (TPSA) is 47.6 Å². The van der Waals surface area contributed by atoms with Gasteiger partial charge in [0, 0.05) is 12.4 Å². The third-order valence-corrected chi connectivity index (χ3v) is 3.09. The highest BCUT2D eigenvalue weighted by Gasteiger charge is 2.20. The lowest BCUT2D eigenvalue weighted by atomic mass is 10.1. The molecule has 1 rings (SSSR count). The van der Waals surface area contributed by atoms with E-state index in [-0.39, 0.29) is 17.4 Å². The fourth-order valence-electron chi connectivity index (χ4n) is 1.48. The summed E-state index contributed by atoms with van der Waals surface area (Å²) in [6.07, 6.45) is 0. The maximum absolute atomic E-state index is 13.6. The molecule has 1 aromatic carbocycles. The van der Waals surface area contributed by atoms with E-state index in [0.717, 1.165) is 0 Å². The van der Waals surface area contributed by atoms with Gasteiger partial charge in [-0.2, -0.15) is 0 Å². The summed E-state index contributed by atoms with van der Waals surface area (Å²) in [6, 6.07) is 4.02. The Morgan fingerprint density at radius 1 is 1.50 bits per heavy atom. The first kappa shape index (κ1) is 14.9. The zero-order chi connectivity index (χ0) is 13.5. The lowest BCUT2D eigenvalue weighted by Gasteiger charge is -2.16. The van der Waals surface area contributed by atoms with Gasteiger partial charge < -0.3 is 14.8 Å². The predicted molar refractivity (Wildman–Crippen MR) is 69.9 cm³/mol. The van der Waals surface area contributed by atoms with Crippen molar-refractivity contribution in [2.24, 2.45) is 0 Å². The van der Waals surface area contributed by atoms with Crippen LogP contribution in [0.2, 0.25) is 0 Å². The average Bonchev–Trinajstić information content (AvgIpc) is 2.37. The second-order valence-electron chi connectivity index (χ2n) is 3.60. The molecule has 0 aliphatic rings. The molecule has 1 amide bonds. The van der Waals surface area contributed by atoms with Gasteiger partial charge in [-0.15, -0.1) is 0 Å². The van der Waals surface area contributed by atoms with E-state index < -0.39 is 11.7 Å². The van der Waals surface area contributed by atoms with E-state index in [2.05, 4.69) is 21.2 Å². The van der Waals surface area contributed by atoms with Gasteiger partial charge in [0.1, 0.15) is 17.1 Å². The largest absolute Gasteiger partial charge is 0.496 e. The first-order valence-corrected chi connectivity index (χ1v) is 6.44. The first-order valence-electron chi connectivity index (χ1n) is 5.32. The molecule has 0 aromatic heterocycles. The molecule has 0 heterocycles. The van der Waals surface area contributed by atoms with Gasteiger partial charge in [0.15, 0.2) is 0 Å². The van der Waals surface area contributed by atoms with Crippen molar-refractivity contribution in [3.63, 3.8) is 0 Å². The van der Waals surface area contributed by atoms with E-state index in [1.165, 1.54) is 32.4 Å². The molecule has 0 fully saturated rings. The van der Waals surface area contributed by atoms with Crippen molar-refractivity contribution >= 4 is 21.8 Å². The van der Waals surface area contributed by atoms with Crippen LogP contribution in [-0.4, -0.2) is 38.1 Å². The Bertz CT molecular complexity index is 414. The number of carbonyl (C=O) groups is 1. The fraction of sp³-hybridized carbons (Fsp3) is 0.417. The molecule has 100 valence electrons. The highest BCUT2D eigenvalue weighted by Crippen LogP contribution is 2.21. The van der Waals surface area contributed by atoms with Gasteiger partial charge in [0.25, 0.3) is 5.91 Å². The Labute approximate surface area is 114 Å². The predicted octanol–water partition coefficient (Wildman–Crippen LogP) is 1.97. The smallest absolute Gasteiger partial charge is 0.258 e. The number of rotatable bonds is 6. The standard InChI is InChI=1S/C12H15BrFNO3/c1-17-7-8(6-13)15-12(16)11-9(14)4-3-5-10(11)18-2/h3-5,8H,6-7H2,1-2H3,(H,15,16). The Morgan fingerprint density at radius 2 is 2.22 bits per heavy atom. The minimum Gasteiger partial charge on any atom is -0.496 e. The summed E-state index contributed by atoms with van der Waals surface area (Å²) in [5.41, 5.74) is -0.0953. The number of amides is 1. The summed E-state index contributed by atoms with van der Waals surface area (Å²) < 4.78 is 23.6. The van der Waals surface area contributed by atoms with Crippen LogP contribution in [0.4, 0.5) is 4.39 Å². The molecule has 0 radical (unpaired) electrons. The maximum Gasteiger partial charge on any atom is 0.258 e. The normalized spacial score (nSPS) is 12.0. The van der Waals surface area contributed by atoms with Crippen LogP contribution in [0.1, 0.15) is 10.4 Å². The molecular formula is C12H15BrFNO3. The van der Waals surface area contributed by atoms with Gasteiger partial charge in [-0.1, -0.05) is 22.0 Å². The van der Waals surface area contributed by atoms with E-state index in [9.17, 15) is 9.18 Å². The van der Waals surface area contributed by atoms with Crippen molar-refractivity contribution < 1.29 is 18.7 Å². The summed E-state index contributed by atoms with van der Waals surface area (Å²) in [5.74, 6) is -0.928. The van der Waals surface area contributed by atoms with Crippen LogP contribution in [0.15, 0.2) is 18.2 Å². The molecule has 4 nitrogen and oxygen atoms in total. The van der Waals surface area contributed by atoms with Crippen molar-refractivity contribution in [2.75, 3.05) is 26.2 Å². The van der Waals surface area contributed by atoms with Crippen LogP contribution in [0.25, 0.3) is 0 Å². The zero-order valence-corrected chi connectivity index (χ0v) is 11.8. The van der Waals surface area contributed by atoms with Gasteiger partial charge in [-0.25, -0.2) is 4.39 Å². The first-order chi connectivity index (χ1) is 8.63. The van der Waals surface area contributed by atoms with Crippen LogP contribution < -0.4 is 10.1 Å². The monoisotopic (exact) mass is 319 g/mol. The Kier molecular flexibility index (Phi) is 6.07. The minimum atomic E-state index is -0.613. The lowest BCUT2D eigenvalue weighted by molar-refractivity contribution is 0.0900. The summed E-state index contributed by atoms with van der Waals surface area (Å²) in [4.78, 5) is 12.0. The van der Waals surface area contributed by atoms with Crippen molar-refractivity contribution in [3.8, 4) is 5.75 Å². The molecule has 6 heteroatoms. The molecule has 0 spiro atoms. The molecule has 0 aliphatic carbocycles. The van der Waals surface area contributed by atoms with Crippen LogP contribution in [0, 0.1) is 5.82 Å². The number of hydrogen-bond donors (Lipinski definition) is 1. The van der Waals surface area contributed by atoms with Crippen molar-refractivity contribution in [1.82, 2.24) is 5.32 Å². The number of nitrogens with one attached hydrogen (secondary N) is 1. The van der Waals surface area contributed by atoms with Crippen LogP contribution in [0.3, 0.4) is 0 Å². The number of ether oxygens (including phenoxy) is 2. The molecule has 1 N–H and O–H groups in total. The Morgan fingerprint density at radius 3 is 2.78 bits per heavy atom. The molecule has 0 aliphatic heterocycles. The fourth-order valence-corrected chi connectivity index (χ4v) is 1.83. The summed E-state index contributed by atoms with van der Waals surface area (Å²) >= 11 is 3.25. The van der Waals surface area contributed by atoms with Crippen LogP contribution in [-0.2, 0) is 4.74 Å². The molecule has 18 heavy (non-hydrogen) atoms. The summed E-state index contributed by atoms with van der Waals surface area (Å²) in [7, 11) is 2.92. The van der Waals surface area contributed by atoms with Gasteiger partial charge >= 0.3 is 0 Å². The molecule has 0 saturated carbocycles. The number of carbonyl (C=O) groups excluding carboxylic acids is 1. The van der Waals surface area contributed by atoms with Gasteiger partial charge in [0.2, 0.25) is 0 Å². The minimum absolute atomic E-state index is 0.0953. The summed E-state index contributed by atoms with van der Waals surface area (Å²) in [6.45, 7) is 0.341. The van der Waals surface area contributed by atoms with E-state index in [0.29, 0.717) is 11.9 Å². The molecular weight excluding hydrogens is 305 g/mol. The van der Waals surface area contributed by atoms with Gasteiger partial charge in [-0.3, -0.25) is 4.79 Å². The molecule has 1 unspecified atom stereocenters. The SMILES string of the molecule is COCC(CBr)NC(=O)c1c(F)cccc1OC. The summed E-state index contributed by atoms with van der Waals surface area (Å²) in [5, 5.41) is 3.19. The van der Waals surface area contributed by atoms with Crippen molar-refractivity contribution in [3.05, 3.63) is 29.6 Å². The zero-order valence-electron chi connectivity index (χ0n) is 10.2. The van der Waals surface area contributed by atoms with Gasteiger partial charge in [0.05, 0.1) is 19.8 Å². The lowest BCUT2D eigenvalue weighted by Crippen LogP contribution is -2.39. The maximum atomic E-state index is 13.6. The quantitative estimate of drug-likeness (QED) is 0.816. The van der Waals surface area contributed by atoms with Crippen molar-refractivity contribution in [2.45, 2.75) is 6.04 Å². The third-order valence-electron chi connectivity index (χ3n) is 2.31. The van der Waals surface area contributed by atoms with Gasteiger partial charge in [-0.05, 0) is 12.1 Å². The Hall–Kier alpha value is -1.14. The average molecular weight is 320 g/mol. The van der Waals surface area contributed by atoms with E-state index in [1.807, 2.05) is 0 Å². The number of hydrogen-bond acceptors (Lipinski definition) is 3. The van der Waals surface area contributed by atoms with Crippen LogP contribution >= 0.6 is 15.9 Å². The van der Waals surface area contributed by atoms with Crippen LogP contribution in [0.5, 0.6) is 5.75 Å². The Balaban J connectivity index is 2.89. The molecule has 0 bridgehead atoms. The molecule has 1 atom stereocenters. The number of methoxy groups -OCH3 is 2.